The summed E-state index contributed by atoms with van der Waals surface area (Å²) in [5.74, 6) is 0.214. The first kappa shape index (κ1) is 22.8. The lowest BCUT2D eigenvalue weighted by atomic mass is 10.1. The van der Waals surface area contributed by atoms with E-state index in [1.807, 2.05) is 6.92 Å². The number of nitrogens with one attached hydrogen (secondary N) is 1. The van der Waals surface area contributed by atoms with Crippen LogP contribution in [-0.4, -0.2) is 26.7 Å². The SMILES string of the molecule is Cc1ccc(S(=O)(=O)NCCCCCOc2cc(O)c3c(=O)c4ccccc4oc3c2)cc1. The molecule has 0 atom stereocenters. The van der Waals surface area contributed by atoms with E-state index in [2.05, 4.69) is 4.72 Å². The number of sulfonamides is 1. The molecule has 0 bridgehead atoms. The van der Waals surface area contributed by atoms with Gasteiger partial charge in [-0.2, -0.15) is 0 Å². The number of benzene rings is 3. The van der Waals surface area contributed by atoms with E-state index in [4.69, 9.17) is 9.15 Å². The highest BCUT2D eigenvalue weighted by molar-refractivity contribution is 7.89. The minimum atomic E-state index is -3.50. The summed E-state index contributed by atoms with van der Waals surface area (Å²) in [6.45, 7) is 2.63. The number of para-hydroxylation sites is 1. The van der Waals surface area contributed by atoms with Crippen molar-refractivity contribution in [3.05, 3.63) is 76.5 Å². The molecule has 0 spiro atoms. The molecule has 8 heteroatoms. The van der Waals surface area contributed by atoms with E-state index < -0.39 is 10.0 Å². The van der Waals surface area contributed by atoms with Crippen molar-refractivity contribution < 1.29 is 22.7 Å². The molecule has 0 fully saturated rings. The van der Waals surface area contributed by atoms with Gasteiger partial charge in [0.25, 0.3) is 0 Å². The molecule has 0 amide bonds. The van der Waals surface area contributed by atoms with Gasteiger partial charge in [-0.3, -0.25) is 4.79 Å². The third kappa shape index (κ3) is 5.18. The van der Waals surface area contributed by atoms with Gasteiger partial charge in [0.05, 0.1) is 16.9 Å². The molecule has 0 aliphatic rings. The first-order valence-electron chi connectivity index (χ1n) is 10.7. The zero-order chi connectivity index (χ0) is 23.4. The van der Waals surface area contributed by atoms with Crippen LogP contribution < -0.4 is 14.9 Å². The van der Waals surface area contributed by atoms with Crippen LogP contribution in [0.15, 0.2) is 74.8 Å². The fourth-order valence-electron chi connectivity index (χ4n) is 3.57. The van der Waals surface area contributed by atoms with E-state index in [9.17, 15) is 18.3 Å². The van der Waals surface area contributed by atoms with Gasteiger partial charge in [0, 0.05) is 18.7 Å². The number of rotatable bonds is 9. The number of hydrogen-bond acceptors (Lipinski definition) is 6. The Balaban J connectivity index is 1.29. The summed E-state index contributed by atoms with van der Waals surface area (Å²) >= 11 is 0. The van der Waals surface area contributed by atoms with Crippen molar-refractivity contribution in [2.75, 3.05) is 13.2 Å². The minimum Gasteiger partial charge on any atom is -0.507 e. The molecule has 0 radical (unpaired) electrons. The predicted octanol–water partition coefficient (Wildman–Crippen LogP) is 4.49. The molecule has 1 heterocycles. The molecule has 172 valence electrons. The molecule has 4 aromatic rings. The van der Waals surface area contributed by atoms with E-state index in [-0.39, 0.29) is 27.0 Å². The highest BCUT2D eigenvalue weighted by Gasteiger charge is 2.14. The van der Waals surface area contributed by atoms with Crippen LogP contribution >= 0.6 is 0 Å². The monoisotopic (exact) mass is 467 g/mol. The molecule has 7 nitrogen and oxygen atoms in total. The van der Waals surface area contributed by atoms with Crippen LogP contribution in [0.1, 0.15) is 24.8 Å². The zero-order valence-electron chi connectivity index (χ0n) is 18.2. The predicted molar refractivity (Wildman–Crippen MR) is 127 cm³/mol. The molecular formula is C25H25NO6S. The molecule has 1 aromatic heterocycles. The van der Waals surface area contributed by atoms with Gasteiger partial charge in [-0.05, 0) is 50.5 Å². The van der Waals surface area contributed by atoms with Crippen molar-refractivity contribution in [3.8, 4) is 11.5 Å². The fourth-order valence-corrected chi connectivity index (χ4v) is 4.64. The molecule has 33 heavy (non-hydrogen) atoms. The summed E-state index contributed by atoms with van der Waals surface area (Å²) < 4.78 is 38.6. The Morgan fingerprint density at radius 3 is 2.52 bits per heavy atom. The van der Waals surface area contributed by atoms with E-state index in [1.165, 1.54) is 6.07 Å². The van der Waals surface area contributed by atoms with Crippen LogP contribution in [0.4, 0.5) is 0 Å². The number of ether oxygens (including phenoxy) is 1. The number of aromatic hydroxyl groups is 1. The Labute approximate surface area is 191 Å². The van der Waals surface area contributed by atoms with Gasteiger partial charge in [0.15, 0.2) is 0 Å². The van der Waals surface area contributed by atoms with Crippen LogP contribution in [0.3, 0.4) is 0 Å². The number of fused-ring (bicyclic) bond motifs is 2. The third-order valence-corrected chi connectivity index (χ3v) is 6.82. The van der Waals surface area contributed by atoms with Crippen molar-refractivity contribution in [3.63, 3.8) is 0 Å². The molecule has 0 unspecified atom stereocenters. The number of phenols is 1. The van der Waals surface area contributed by atoms with Crippen molar-refractivity contribution in [2.45, 2.75) is 31.1 Å². The van der Waals surface area contributed by atoms with Crippen molar-refractivity contribution >= 4 is 32.0 Å². The van der Waals surface area contributed by atoms with Crippen molar-refractivity contribution in [1.82, 2.24) is 4.72 Å². The maximum atomic E-state index is 12.6. The number of unbranched alkanes of at least 4 members (excludes halogenated alkanes) is 2. The summed E-state index contributed by atoms with van der Waals surface area (Å²) in [6.07, 6.45) is 2.13. The molecule has 0 aliphatic heterocycles. The maximum Gasteiger partial charge on any atom is 0.240 e. The average Bonchev–Trinajstić information content (AvgIpc) is 2.78. The average molecular weight is 468 g/mol. The molecule has 2 N–H and O–H groups in total. The number of phenolic OH excluding ortho intramolecular Hbond substituents is 1. The quantitative estimate of drug-likeness (QED) is 0.278. The molecule has 4 rings (SSSR count). The van der Waals surface area contributed by atoms with Gasteiger partial charge in [0.2, 0.25) is 15.5 Å². The second kappa shape index (κ2) is 9.64. The first-order valence-corrected chi connectivity index (χ1v) is 12.2. The number of hydrogen-bond donors (Lipinski definition) is 2. The standard InChI is InChI=1S/C25H25NO6S/c1-17-9-11-19(12-10-17)33(29,30)26-13-5-2-6-14-31-18-15-21(27)24-23(16-18)32-22-8-4-3-7-20(22)25(24)28/h3-4,7-12,15-16,26-27H,2,5-6,13-14H2,1H3. The summed E-state index contributed by atoms with van der Waals surface area (Å²) in [7, 11) is -3.50. The second-order valence-corrected chi connectivity index (χ2v) is 9.63. The van der Waals surface area contributed by atoms with Gasteiger partial charge in [-0.15, -0.1) is 0 Å². The first-order chi connectivity index (χ1) is 15.8. The second-order valence-electron chi connectivity index (χ2n) is 7.86. The van der Waals surface area contributed by atoms with Crippen LogP contribution in [0.25, 0.3) is 21.9 Å². The van der Waals surface area contributed by atoms with Crippen molar-refractivity contribution in [2.24, 2.45) is 0 Å². The van der Waals surface area contributed by atoms with Crippen LogP contribution in [0.2, 0.25) is 0 Å². The van der Waals surface area contributed by atoms with Gasteiger partial charge < -0.3 is 14.3 Å². The zero-order valence-corrected chi connectivity index (χ0v) is 19.0. The highest BCUT2D eigenvalue weighted by atomic mass is 32.2. The Hall–Kier alpha value is -3.36. The van der Waals surface area contributed by atoms with E-state index in [0.29, 0.717) is 42.7 Å². The van der Waals surface area contributed by atoms with Crippen LogP contribution in [-0.2, 0) is 10.0 Å². The normalized spacial score (nSPS) is 11.8. The summed E-state index contributed by atoms with van der Waals surface area (Å²) in [6, 6.07) is 16.6. The molecule has 0 aliphatic carbocycles. The third-order valence-electron chi connectivity index (χ3n) is 5.35. The van der Waals surface area contributed by atoms with Crippen LogP contribution in [0, 0.1) is 6.92 Å². The lowest BCUT2D eigenvalue weighted by Gasteiger charge is -2.09. The van der Waals surface area contributed by atoms with Crippen LogP contribution in [0.5, 0.6) is 11.5 Å². The van der Waals surface area contributed by atoms with Gasteiger partial charge in [0.1, 0.15) is 28.1 Å². The topological polar surface area (TPSA) is 106 Å². The smallest absolute Gasteiger partial charge is 0.240 e. The van der Waals surface area contributed by atoms with E-state index in [0.717, 1.165) is 12.0 Å². The van der Waals surface area contributed by atoms with E-state index >= 15 is 0 Å². The van der Waals surface area contributed by atoms with Gasteiger partial charge in [-0.1, -0.05) is 29.8 Å². The highest BCUT2D eigenvalue weighted by Crippen LogP contribution is 2.30. The Bertz CT molecular complexity index is 1440. The lowest BCUT2D eigenvalue weighted by Crippen LogP contribution is -2.24. The fraction of sp³-hybridized carbons (Fsp3) is 0.240. The van der Waals surface area contributed by atoms with Crippen molar-refractivity contribution in [1.29, 1.82) is 0 Å². The van der Waals surface area contributed by atoms with Gasteiger partial charge >= 0.3 is 0 Å². The summed E-state index contributed by atoms with van der Waals surface area (Å²) in [5, 5.41) is 10.9. The maximum absolute atomic E-state index is 12.6. The Kier molecular flexibility index (Phi) is 6.67. The lowest BCUT2D eigenvalue weighted by molar-refractivity contribution is 0.304. The molecule has 0 saturated heterocycles. The largest absolute Gasteiger partial charge is 0.507 e. The molecule has 3 aromatic carbocycles. The minimum absolute atomic E-state index is 0.127. The Morgan fingerprint density at radius 2 is 1.73 bits per heavy atom. The van der Waals surface area contributed by atoms with E-state index in [1.54, 1.807) is 54.6 Å². The summed E-state index contributed by atoms with van der Waals surface area (Å²) in [5.41, 5.74) is 1.42. The van der Waals surface area contributed by atoms with Gasteiger partial charge in [-0.25, -0.2) is 13.1 Å². The molecular weight excluding hydrogens is 442 g/mol. The Morgan fingerprint density at radius 1 is 0.970 bits per heavy atom. The number of aryl methyl sites for hydroxylation is 1. The summed E-state index contributed by atoms with van der Waals surface area (Å²) in [4.78, 5) is 12.9. The molecule has 0 saturated carbocycles.